The van der Waals surface area contributed by atoms with Crippen LogP contribution in [0.15, 0.2) is 48.9 Å². The molecule has 196 valence electrons. The number of carbonyl (C=O) groups is 4. The molecular formula is C24H30BN5O7. The quantitative estimate of drug-likeness (QED) is 0.285. The molecule has 0 spiro atoms. The highest BCUT2D eigenvalue weighted by Gasteiger charge is 2.50. The standard InChI is InChI=1S/C24H30BN5O7/c1-14(2)11-18(25-36-20(24(35)37-25)19(26-3)23(33)34)30-21(31)16(12-15-7-5-4-6-8-15)29-22(32)17-13-27-9-10-28-17/h4-10,13-14,16,18-20,26H,11-12H2,1-3H3,(H,29,32)(H,30,31)(H,33,34)/t16-,18-,19+,20+/m0/s1. The Balaban J connectivity index is 1.80. The SMILES string of the molecule is CN[C@@H](C(=O)O)[C@H]1OB([C@H](CC(C)C)NC(=O)[C@H](Cc2ccccc2)NC(=O)c2cnccn2)OC1=O. The van der Waals surface area contributed by atoms with Crippen LogP contribution in [-0.2, 0) is 30.1 Å². The van der Waals surface area contributed by atoms with Crippen molar-refractivity contribution in [3.63, 3.8) is 0 Å². The Morgan fingerprint density at radius 2 is 1.86 bits per heavy atom. The van der Waals surface area contributed by atoms with Gasteiger partial charge in [-0.2, -0.15) is 0 Å². The summed E-state index contributed by atoms with van der Waals surface area (Å²) < 4.78 is 11.0. The highest BCUT2D eigenvalue weighted by atomic mass is 16.7. The predicted octanol–water partition coefficient (Wildman–Crippen LogP) is -0.00940. The van der Waals surface area contributed by atoms with E-state index in [9.17, 15) is 24.3 Å². The zero-order valence-electron chi connectivity index (χ0n) is 20.8. The molecular weight excluding hydrogens is 481 g/mol. The molecule has 0 saturated carbocycles. The minimum Gasteiger partial charge on any atom is -0.506 e. The van der Waals surface area contributed by atoms with Gasteiger partial charge in [0.05, 0.1) is 12.1 Å². The van der Waals surface area contributed by atoms with Crippen LogP contribution in [0.1, 0.15) is 36.3 Å². The van der Waals surface area contributed by atoms with Gasteiger partial charge < -0.3 is 30.4 Å². The maximum Gasteiger partial charge on any atom is 0.552 e. The van der Waals surface area contributed by atoms with Crippen LogP contribution in [0.5, 0.6) is 0 Å². The summed E-state index contributed by atoms with van der Waals surface area (Å²) in [6.45, 7) is 3.83. The van der Waals surface area contributed by atoms with Crippen LogP contribution in [0, 0.1) is 5.92 Å². The summed E-state index contributed by atoms with van der Waals surface area (Å²) in [5.74, 6) is -3.95. The molecule has 0 aliphatic carbocycles. The van der Waals surface area contributed by atoms with Crippen molar-refractivity contribution in [2.75, 3.05) is 7.05 Å². The minimum absolute atomic E-state index is 0.0507. The predicted molar refractivity (Wildman–Crippen MR) is 132 cm³/mol. The number of nitrogens with one attached hydrogen (secondary N) is 3. The van der Waals surface area contributed by atoms with Gasteiger partial charge in [-0.15, -0.1) is 0 Å². The van der Waals surface area contributed by atoms with Crippen LogP contribution in [0.25, 0.3) is 0 Å². The van der Waals surface area contributed by atoms with Crippen molar-refractivity contribution in [1.29, 1.82) is 0 Å². The van der Waals surface area contributed by atoms with Crippen molar-refractivity contribution in [1.82, 2.24) is 25.9 Å². The lowest BCUT2D eigenvalue weighted by molar-refractivity contribution is -0.148. The van der Waals surface area contributed by atoms with Gasteiger partial charge in [0, 0.05) is 18.8 Å². The molecule has 2 amide bonds. The molecule has 4 atom stereocenters. The van der Waals surface area contributed by atoms with Crippen molar-refractivity contribution in [2.24, 2.45) is 5.92 Å². The third-order valence-electron chi connectivity index (χ3n) is 5.71. The molecule has 13 heteroatoms. The van der Waals surface area contributed by atoms with Crippen LogP contribution in [-0.4, -0.2) is 77.1 Å². The molecule has 1 aliphatic heterocycles. The molecule has 0 bridgehead atoms. The van der Waals surface area contributed by atoms with Gasteiger partial charge in [0.15, 0.2) is 6.10 Å². The fourth-order valence-corrected chi connectivity index (χ4v) is 3.94. The second kappa shape index (κ2) is 12.9. The van der Waals surface area contributed by atoms with Crippen molar-refractivity contribution < 1.29 is 33.6 Å². The van der Waals surface area contributed by atoms with Crippen LogP contribution >= 0.6 is 0 Å². The number of aliphatic carboxylic acids is 1. The number of rotatable bonds is 12. The summed E-state index contributed by atoms with van der Waals surface area (Å²) in [4.78, 5) is 58.0. The van der Waals surface area contributed by atoms with Gasteiger partial charge in [0.1, 0.15) is 17.8 Å². The molecule has 1 fully saturated rings. The second-order valence-electron chi connectivity index (χ2n) is 9.02. The van der Waals surface area contributed by atoms with E-state index in [-0.39, 0.29) is 18.0 Å². The first-order valence-corrected chi connectivity index (χ1v) is 11.9. The van der Waals surface area contributed by atoms with Gasteiger partial charge in [-0.25, -0.2) is 4.98 Å². The van der Waals surface area contributed by atoms with Crippen molar-refractivity contribution in [3.8, 4) is 0 Å². The summed E-state index contributed by atoms with van der Waals surface area (Å²) >= 11 is 0. The number of amides is 2. The van der Waals surface area contributed by atoms with Gasteiger partial charge in [-0.3, -0.25) is 24.2 Å². The molecule has 37 heavy (non-hydrogen) atoms. The molecule has 1 aromatic carbocycles. The number of likely N-dealkylation sites (N-methyl/N-ethyl adjacent to an activating group) is 1. The van der Waals surface area contributed by atoms with E-state index in [4.69, 9.17) is 9.31 Å². The molecule has 0 unspecified atom stereocenters. The third kappa shape index (κ3) is 7.57. The summed E-state index contributed by atoms with van der Waals surface area (Å²) in [5.41, 5.74) is 0.860. The van der Waals surface area contributed by atoms with Gasteiger partial charge in [0.2, 0.25) is 5.91 Å². The maximum absolute atomic E-state index is 13.5. The Bertz CT molecular complexity index is 1090. The smallest absolute Gasteiger partial charge is 0.506 e. The average molecular weight is 511 g/mol. The van der Waals surface area contributed by atoms with Crippen molar-refractivity contribution >= 4 is 30.9 Å². The summed E-state index contributed by atoms with van der Waals surface area (Å²) in [6, 6.07) is 6.83. The zero-order chi connectivity index (χ0) is 26.9. The first kappa shape index (κ1) is 27.7. The third-order valence-corrected chi connectivity index (χ3v) is 5.71. The number of carboxylic acid groups (broad SMARTS) is 1. The van der Waals surface area contributed by atoms with Crippen LogP contribution in [0.4, 0.5) is 0 Å². The van der Waals surface area contributed by atoms with Gasteiger partial charge >= 0.3 is 19.1 Å². The Hall–Kier alpha value is -3.84. The fourth-order valence-electron chi connectivity index (χ4n) is 3.94. The number of nitrogens with zero attached hydrogens (tertiary/aromatic N) is 2. The Kier molecular flexibility index (Phi) is 9.69. The molecule has 1 aliphatic rings. The minimum atomic E-state index is -1.38. The Morgan fingerprint density at radius 3 is 2.46 bits per heavy atom. The largest absolute Gasteiger partial charge is 0.552 e. The maximum atomic E-state index is 13.5. The van der Waals surface area contributed by atoms with E-state index in [1.165, 1.54) is 25.6 Å². The van der Waals surface area contributed by atoms with E-state index in [1.807, 2.05) is 44.2 Å². The molecule has 4 N–H and O–H groups in total. The monoisotopic (exact) mass is 511 g/mol. The highest BCUT2D eigenvalue weighted by molar-refractivity contribution is 6.51. The van der Waals surface area contributed by atoms with E-state index in [0.717, 1.165) is 5.56 Å². The summed E-state index contributed by atoms with van der Waals surface area (Å²) in [6.07, 6.45) is 3.26. The Labute approximate surface area is 214 Å². The fraction of sp³-hybridized carbons (Fsp3) is 0.417. The molecule has 2 aromatic rings. The number of carboxylic acids is 1. The van der Waals surface area contributed by atoms with Gasteiger partial charge in [-0.05, 0) is 24.9 Å². The molecule has 12 nitrogen and oxygen atoms in total. The van der Waals surface area contributed by atoms with Crippen LogP contribution in [0.2, 0.25) is 0 Å². The topological polar surface area (TPSA) is 169 Å². The van der Waals surface area contributed by atoms with Crippen LogP contribution < -0.4 is 16.0 Å². The number of aromatic nitrogens is 2. The number of carbonyl (C=O) groups excluding carboxylic acids is 3. The second-order valence-corrected chi connectivity index (χ2v) is 9.02. The average Bonchev–Trinajstić information content (AvgIpc) is 3.25. The summed E-state index contributed by atoms with van der Waals surface area (Å²) in [5, 5.41) is 17.5. The van der Waals surface area contributed by atoms with Gasteiger partial charge in [0.25, 0.3) is 5.91 Å². The molecule has 3 rings (SSSR count). The first-order chi connectivity index (χ1) is 17.7. The van der Waals surface area contributed by atoms with Crippen molar-refractivity contribution in [3.05, 3.63) is 60.2 Å². The lowest BCUT2D eigenvalue weighted by Crippen LogP contribution is -2.55. The lowest BCUT2D eigenvalue weighted by Gasteiger charge is -2.25. The van der Waals surface area contributed by atoms with Crippen molar-refractivity contribution in [2.45, 2.75) is 50.8 Å². The van der Waals surface area contributed by atoms with Crippen LogP contribution in [0.3, 0.4) is 0 Å². The normalized spacial score (nSPS) is 17.6. The zero-order valence-corrected chi connectivity index (χ0v) is 20.8. The molecule has 1 saturated heterocycles. The molecule has 2 heterocycles. The summed E-state index contributed by atoms with van der Waals surface area (Å²) in [7, 11) is 0.191. The lowest BCUT2D eigenvalue weighted by atomic mass is 9.74. The number of benzene rings is 1. The number of hydrogen-bond acceptors (Lipinski definition) is 9. The molecule has 1 aromatic heterocycles. The number of hydrogen-bond donors (Lipinski definition) is 4. The van der Waals surface area contributed by atoms with Gasteiger partial charge in [-0.1, -0.05) is 44.2 Å². The van der Waals surface area contributed by atoms with E-state index in [1.54, 1.807) is 0 Å². The van der Waals surface area contributed by atoms with E-state index in [2.05, 4.69) is 25.9 Å². The Morgan fingerprint density at radius 1 is 1.14 bits per heavy atom. The highest BCUT2D eigenvalue weighted by Crippen LogP contribution is 2.20. The van der Waals surface area contributed by atoms with E-state index >= 15 is 0 Å². The van der Waals surface area contributed by atoms with E-state index in [0.29, 0.717) is 6.42 Å². The molecule has 0 radical (unpaired) electrons. The van der Waals surface area contributed by atoms with E-state index < -0.39 is 55.0 Å². The first-order valence-electron chi connectivity index (χ1n) is 11.9.